The third-order valence-electron chi connectivity index (χ3n) is 3.48. The van der Waals surface area contributed by atoms with Gasteiger partial charge in [-0.15, -0.1) is 0 Å². The second-order valence-electron chi connectivity index (χ2n) is 5.47. The summed E-state index contributed by atoms with van der Waals surface area (Å²) in [5.41, 5.74) is 2.36. The first-order valence-electron chi connectivity index (χ1n) is 9.05. The average molecular weight is 351 g/mol. The van der Waals surface area contributed by atoms with E-state index in [0.717, 1.165) is 50.9 Å². The van der Waals surface area contributed by atoms with Gasteiger partial charge in [0.1, 0.15) is 0 Å². The van der Waals surface area contributed by atoms with Crippen LogP contribution in [0.15, 0.2) is 29.3 Å². The van der Waals surface area contributed by atoms with E-state index in [0.29, 0.717) is 19.8 Å². The van der Waals surface area contributed by atoms with Gasteiger partial charge in [-0.2, -0.15) is 0 Å². The predicted octanol–water partition coefficient (Wildman–Crippen LogP) is 2.33. The van der Waals surface area contributed by atoms with Crippen LogP contribution in [0.4, 0.5) is 0 Å². The maximum Gasteiger partial charge on any atom is 0.191 e. The molecule has 0 spiro atoms. The van der Waals surface area contributed by atoms with Crippen LogP contribution >= 0.6 is 0 Å². The van der Waals surface area contributed by atoms with Crippen LogP contribution in [0.25, 0.3) is 0 Å². The summed E-state index contributed by atoms with van der Waals surface area (Å²) >= 11 is 0. The number of guanidine groups is 1. The van der Waals surface area contributed by atoms with Crippen LogP contribution < -0.4 is 10.6 Å². The third-order valence-corrected chi connectivity index (χ3v) is 3.48. The van der Waals surface area contributed by atoms with E-state index in [1.165, 1.54) is 5.56 Å². The molecule has 6 heteroatoms. The molecule has 25 heavy (non-hydrogen) atoms. The molecule has 2 N–H and O–H groups in total. The van der Waals surface area contributed by atoms with Crippen molar-refractivity contribution in [2.75, 3.05) is 46.6 Å². The molecule has 0 saturated heterocycles. The summed E-state index contributed by atoms with van der Waals surface area (Å²) < 4.78 is 16.2. The standard InChI is InChI=1S/C19H33N3O3/c1-4-23-11-7-10-21-19(20-3)22-15-17-8-6-9-18(14-17)16-25-13-12-24-5-2/h6,8-9,14H,4-5,7,10-13,15-16H2,1-3H3,(H2,20,21,22). The fourth-order valence-corrected chi connectivity index (χ4v) is 2.21. The van der Waals surface area contributed by atoms with E-state index in [2.05, 4.69) is 39.9 Å². The lowest BCUT2D eigenvalue weighted by atomic mass is 10.1. The summed E-state index contributed by atoms with van der Waals surface area (Å²) in [6.45, 7) is 9.68. The molecule has 0 bridgehead atoms. The fourth-order valence-electron chi connectivity index (χ4n) is 2.21. The zero-order chi connectivity index (χ0) is 18.2. The Kier molecular flexibility index (Phi) is 12.6. The van der Waals surface area contributed by atoms with Gasteiger partial charge in [-0.3, -0.25) is 4.99 Å². The number of nitrogens with zero attached hydrogens (tertiary/aromatic N) is 1. The Morgan fingerprint density at radius 3 is 2.44 bits per heavy atom. The molecule has 1 aromatic rings. The Hall–Kier alpha value is -1.63. The minimum Gasteiger partial charge on any atom is -0.382 e. The number of benzene rings is 1. The molecule has 0 aliphatic heterocycles. The molecule has 0 amide bonds. The molecule has 0 fully saturated rings. The second-order valence-corrected chi connectivity index (χ2v) is 5.47. The van der Waals surface area contributed by atoms with Gasteiger partial charge in [0.2, 0.25) is 0 Å². The molecule has 1 aromatic carbocycles. The molecule has 0 aromatic heterocycles. The highest BCUT2D eigenvalue weighted by Crippen LogP contribution is 2.06. The highest BCUT2D eigenvalue weighted by Gasteiger charge is 2.00. The first kappa shape index (κ1) is 21.4. The van der Waals surface area contributed by atoms with Gasteiger partial charge in [0.15, 0.2) is 5.96 Å². The Morgan fingerprint density at radius 1 is 0.960 bits per heavy atom. The first-order chi connectivity index (χ1) is 12.3. The number of rotatable bonds is 13. The van der Waals surface area contributed by atoms with E-state index in [9.17, 15) is 0 Å². The summed E-state index contributed by atoms with van der Waals surface area (Å²) in [6, 6.07) is 8.37. The second kappa shape index (κ2) is 14.7. The van der Waals surface area contributed by atoms with Crippen LogP contribution in [0.2, 0.25) is 0 Å². The van der Waals surface area contributed by atoms with E-state index in [1.807, 2.05) is 13.8 Å². The zero-order valence-corrected chi connectivity index (χ0v) is 15.8. The van der Waals surface area contributed by atoms with Crippen LogP contribution in [-0.2, 0) is 27.4 Å². The number of hydrogen-bond acceptors (Lipinski definition) is 4. The molecule has 0 radical (unpaired) electrons. The number of nitrogens with one attached hydrogen (secondary N) is 2. The number of aliphatic imine (C=N–C) groups is 1. The first-order valence-corrected chi connectivity index (χ1v) is 9.05. The summed E-state index contributed by atoms with van der Waals surface area (Å²) in [5.74, 6) is 0.801. The van der Waals surface area contributed by atoms with Crippen molar-refractivity contribution in [3.8, 4) is 0 Å². The van der Waals surface area contributed by atoms with Crippen molar-refractivity contribution in [3.63, 3.8) is 0 Å². The van der Waals surface area contributed by atoms with E-state index in [1.54, 1.807) is 7.05 Å². The molecular weight excluding hydrogens is 318 g/mol. The Bertz CT molecular complexity index is 481. The van der Waals surface area contributed by atoms with Gasteiger partial charge in [-0.05, 0) is 31.4 Å². The quantitative estimate of drug-likeness (QED) is 0.324. The average Bonchev–Trinajstić information content (AvgIpc) is 2.64. The number of hydrogen-bond donors (Lipinski definition) is 2. The Morgan fingerprint density at radius 2 is 1.68 bits per heavy atom. The molecule has 0 heterocycles. The molecule has 142 valence electrons. The predicted molar refractivity (Wildman–Crippen MR) is 102 cm³/mol. The van der Waals surface area contributed by atoms with Crippen molar-refractivity contribution in [2.45, 2.75) is 33.4 Å². The molecule has 0 unspecified atom stereocenters. The minimum atomic E-state index is 0.602. The highest BCUT2D eigenvalue weighted by atomic mass is 16.5. The van der Waals surface area contributed by atoms with Gasteiger partial charge < -0.3 is 24.8 Å². The summed E-state index contributed by atoms with van der Waals surface area (Å²) in [6.07, 6.45) is 0.961. The van der Waals surface area contributed by atoms with Crippen molar-refractivity contribution in [3.05, 3.63) is 35.4 Å². The largest absolute Gasteiger partial charge is 0.382 e. The minimum absolute atomic E-state index is 0.602. The monoisotopic (exact) mass is 351 g/mol. The van der Waals surface area contributed by atoms with E-state index >= 15 is 0 Å². The summed E-state index contributed by atoms with van der Waals surface area (Å²) in [7, 11) is 1.78. The van der Waals surface area contributed by atoms with Gasteiger partial charge >= 0.3 is 0 Å². The molecule has 6 nitrogen and oxygen atoms in total. The van der Waals surface area contributed by atoms with Crippen LogP contribution in [0.3, 0.4) is 0 Å². The van der Waals surface area contributed by atoms with E-state index in [4.69, 9.17) is 14.2 Å². The summed E-state index contributed by atoms with van der Waals surface area (Å²) in [5, 5.41) is 6.61. The molecule has 0 aliphatic rings. The van der Waals surface area contributed by atoms with Crippen LogP contribution in [0.1, 0.15) is 31.4 Å². The van der Waals surface area contributed by atoms with Crippen molar-refractivity contribution in [1.29, 1.82) is 0 Å². The molecule has 0 aliphatic carbocycles. The highest BCUT2D eigenvalue weighted by molar-refractivity contribution is 5.79. The maximum absolute atomic E-state index is 5.62. The number of ether oxygens (including phenoxy) is 3. The van der Waals surface area contributed by atoms with Crippen LogP contribution in [0, 0.1) is 0 Å². The Labute approximate surface area is 152 Å². The third kappa shape index (κ3) is 10.8. The lowest BCUT2D eigenvalue weighted by molar-refractivity contribution is 0.0453. The van der Waals surface area contributed by atoms with Gasteiger partial charge in [-0.25, -0.2) is 0 Å². The molecule has 0 saturated carbocycles. The van der Waals surface area contributed by atoms with Gasteiger partial charge in [-0.1, -0.05) is 24.3 Å². The lowest BCUT2D eigenvalue weighted by Crippen LogP contribution is -2.37. The van der Waals surface area contributed by atoms with Gasteiger partial charge in [0.25, 0.3) is 0 Å². The Balaban J connectivity index is 2.29. The zero-order valence-electron chi connectivity index (χ0n) is 15.8. The van der Waals surface area contributed by atoms with Crippen molar-refractivity contribution < 1.29 is 14.2 Å². The molecular formula is C19H33N3O3. The van der Waals surface area contributed by atoms with Crippen LogP contribution in [-0.4, -0.2) is 52.6 Å². The summed E-state index contributed by atoms with van der Waals surface area (Å²) in [4.78, 5) is 4.24. The SMILES string of the molecule is CCOCCCNC(=NC)NCc1cccc(COCCOCC)c1. The van der Waals surface area contributed by atoms with Crippen molar-refractivity contribution in [1.82, 2.24) is 10.6 Å². The lowest BCUT2D eigenvalue weighted by Gasteiger charge is -2.12. The van der Waals surface area contributed by atoms with Crippen LogP contribution in [0.5, 0.6) is 0 Å². The molecule has 1 rings (SSSR count). The fraction of sp³-hybridized carbons (Fsp3) is 0.632. The maximum atomic E-state index is 5.62. The molecule has 0 atom stereocenters. The normalized spacial score (nSPS) is 11.6. The van der Waals surface area contributed by atoms with Crippen molar-refractivity contribution >= 4 is 5.96 Å². The van der Waals surface area contributed by atoms with Crippen molar-refractivity contribution in [2.24, 2.45) is 4.99 Å². The topological polar surface area (TPSA) is 64.1 Å². The van der Waals surface area contributed by atoms with E-state index < -0.39 is 0 Å². The smallest absolute Gasteiger partial charge is 0.191 e. The van der Waals surface area contributed by atoms with Gasteiger partial charge in [0.05, 0.1) is 19.8 Å². The van der Waals surface area contributed by atoms with Gasteiger partial charge in [0, 0.05) is 40.0 Å². The van der Waals surface area contributed by atoms with E-state index in [-0.39, 0.29) is 0 Å².